The molecule has 33 heavy (non-hydrogen) atoms. The van der Waals surface area contributed by atoms with E-state index in [4.69, 9.17) is 16.0 Å². The molecule has 1 aromatic heterocycles. The van der Waals surface area contributed by atoms with Gasteiger partial charge in [0.2, 0.25) is 5.91 Å². The maximum Gasteiger partial charge on any atom is 0.223 e. The average Bonchev–Trinajstić information content (AvgIpc) is 3.33. The zero-order chi connectivity index (χ0) is 23.2. The Kier molecular flexibility index (Phi) is 6.10. The first-order valence-corrected chi connectivity index (χ1v) is 12.9. The number of nitrogens with zero attached hydrogens (tertiary/aromatic N) is 4. The molecule has 0 unspecified atom stereocenters. The zero-order valence-electron chi connectivity index (χ0n) is 19.6. The lowest BCUT2D eigenvalue weighted by atomic mass is 9.85. The minimum Gasteiger partial charge on any atom is -0.353 e. The minimum absolute atomic E-state index is 0.0451. The summed E-state index contributed by atoms with van der Waals surface area (Å²) in [6.07, 6.45) is 2.04. The van der Waals surface area contributed by atoms with Crippen molar-refractivity contribution in [2.24, 2.45) is 0 Å². The van der Waals surface area contributed by atoms with Crippen molar-refractivity contribution in [1.82, 2.24) is 9.27 Å². The maximum atomic E-state index is 12.1. The molecule has 5 nitrogen and oxygen atoms in total. The Hall–Kier alpha value is -2.15. The number of fused-ring (bicyclic) bond motifs is 2. The van der Waals surface area contributed by atoms with E-state index in [0.29, 0.717) is 0 Å². The quantitative estimate of drug-likeness (QED) is 0.491. The Labute approximate surface area is 205 Å². The molecule has 7 heteroatoms. The smallest absolute Gasteiger partial charge is 0.223 e. The fourth-order valence-corrected chi connectivity index (χ4v) is 6.24. The van der Waals surface area contributed by atoms with Gasteiger partial charge < -0.3 is 9.80 Å². The molecule has 174 valence electrons. The van der Waals surface area contributed by atoms with Gasteiger partial charge in [0, 0.05) is 61.2 Å². The highest BCUT2D eigenvalue weighted by atomic mass is 35.5. The van der Waals surface area contributed by atoms with Crippen LogP contribution in [0.3, 0.4) is 0 Å². The topological polar surface area (TPSA) is 39.7 Å². The molecular weight excluding hydrogens is 452 g/mol. The number of anilines is 2. The molecule has 0 atom stereocenters. The Morgan fingerprint density at radius 3 is 2.67 bits per heavy atom. The summed E-state index contributed by atoms with van der Waals surface area (Å²) in [5, 5.41) is 2.05. The Balaban J connectivity index is 1.18. The van der Waals surface area contributed by atoms with Crippen LogP contribution in [0.2, 0.25) is 5.02 Å². The van der Waals surface area contributed by atoms with E-state index in [1.807, 2.05) is 11.0 Å². The molecule has 2 aliphatic heterocycles. The van der Waals surface area contributed by atoms with Gasteiger partial charge >= 0.3 is 0 Å². The van der Waals surface area contributed by atoms with Crippen molar-refractivity contribution < 1.29 is 4.79 Å². The van der Waals surface area contributed by atoms with E-state index in [1.54, 1.807) is 18.5 Å². The van der Waals surface area contributed by atoms with Gasteiger partial charge in [0.25, 0.3) is 0 Å². The molecule has 2 aromatic carbocycles. The number of aryl methyl sites for hydroxylation is 1. The Morgan fingerprint density at radius 1 is 1.15 bits per heavy atom. The molecule has 0 spiro atoms. The summed E-state index contributed by atoms with van der Waals surface area (Å²) < 4.78 is 5.98. The second kappa shape index (κ2) is 8.90. The predicted octanol–water partition coefficient (Wildman–Crippen LogP) is 5.35. The fraction of sp³-hybridized carbons (Fsp3) is 0.462. The van der Waals surface area contributed by atoms with Crippen LogP contribution in [0.15, 0.2) is 36.4 Å². The summed E-state index contributed by atoms with van der Waals surface area (Å²) >= 11 is 8.24. The second-order valence-corrected chi connectivity index (χ2v) is 11.1. The van der Waals surface area contributed by atoms with Gasteiger partial charge in [-0.25, -0.2) is 0 Å². The highest BCUT2D eigenvalue weighted by molar-refractivity contribution is 7.13. The summed E-state index contributed by atoms with van der Waals surface area (Å²) in [7, 11) is 0. The molecule has 0 radical (unpaired) electrons. The van der Waals surface area contributed by atoms with Gasteiger partial charge in [-0.05, 0) is 60.2 Å². The highest BCUT2D eigenvalue weighted by Crippen LogP contribution is 2.43. The second-order valence-electron chi connectivity index (χ2n) is 9.88. The van der Waals surface area contributed by atoms with Crippen molar-refractivity contribution in [2.45, 2.75) is 39.0 Å². The lowest BCUT2D eigenvalue weighted by molar-refractivity contribution is -0.116. The Morgan fingerprint density at radius 2 is 1.91 bits per heavy atom. The molecule has 5 rings (SSSR count). The number of carbonyl (C=O) groups excluding carboxylic acids is 1. The van der Waals surface area contributed by atoms with Crippen LogP contribution in [0.1, 0.15) is 38.3 Å². The van der Waals surface area contributed by atoms with Crippen LogP contribution in [0.5, 0.6) is 0 Å². The third kappa shape index (κ3) is 4.36. The predicted molar refractivity (Wildman–Crippen MR) is 139 cm³/mol. The summed E-state index contributed by atoms with van der Waals surface area (Å²) in [6, 6.07) is 12.7. The van der Waals surface area contributed by atoms with Crippen molar-refractivity contribution >= 4 is 50.6 Å². The normalized spacial score (nSPS) is 18.2. The van der Waals surface area contributed by atoms with E-state index in [-0.39, 0.29) is 11.3 Å². The van der Waals surface area contributed by atoms with Crippen molar-refractivity contribution in [3.8, 4) is 0 Å². The molecule has 0 aliphatic carbocycles. The first-order valence-electron chi connectivity index (χ1n) is 11.8. The molecule has 1 fully saturated rings. The molecular formula is C26H31ClN4OS. The van der Waals surface area contributed by atoms with Crippen molar-refractivity contribution in [1.29, 1.82) is 0 Å². The highest BCUT2D eigenvalue weighted by Gasteiger charge is 2.37. The molecule has 0 bridgehead atoms. The number of hydrogen-bond acceptors (Lipinski definition) is 5. The monoisotopic (exact) mass is 482 g/mol. The van der Waals surface area contributed by atoms with E-state index in [1.165, 1.54) is 21.2 Å². The summed E-state index contributed by atoms with van der Waals surface area (Å²) in [6.45, 7) is 12.0. The summed E-state index contributed by atoms with van der Waals surface area (Å²) in [5.41, 5.74) is 3.37. The standard InChI is InChI=1S/C26H31ClN4OS/c1-18(32)31-17-26(2,3)21-15-19(22(27)16-23(21)31)7-6-10-29-11-13-30(14-12-29)25-20-8-4-5-9-24(20)33-28-25/h4-5,8-9,15-16H,6-7,10-14,17H2,1-3H3. The number of hydrogen-bond donors (Lipinski definition) is 0. The molecule has 1 saturated heterocycles. The number of amides is 1. The summed E-state index contributed by atoms with van der Waals surface area (Å²) in [4.78, 5) is 18.9. The van der Waals surface area contributed by atoms with Gasteiger partial charge in [-0.2, -0.15) is 4.37 Å². The van der Waals surface area contributed by atoms with Gasteiger partial charge in [-0.1, -0.05) is 43.6 Å². The van der Waals surface area contributed by atoms with Gasteiger partial charge in [-0.3, -0.25) is 9.69 Å². The van der Waals surface area contributed by atoms with Crippen LogP contribution in [-0.2, 0) is 16.6 Å². The van der Waals surface area contributed by atoms with Crippen LogP contribution < -0.4 is 9.80 Å². The lowest BCUT2D eigenvalue weighted by Gasteiger charge is -2.35. The first kappa shape index (κ1) is 22.6. The lowest BCUT2D eigenvalue weighted by Crippen LogP contribution is -2.46. The molecule has 0 saturated carbocycles. The number of carbonyl (C=O) groups is 1. The number of rotatable bonds is 5. The van der Waals surface area contributed by atoms with Crippen molar-refractivity contribution in [2.75, 3.05) is 49.1 Å². The third-order valence-corrected chi connectivity index (χ3v) is 8.24. The van der Waals surface area contributed by atoms with Crippen molar-refractivity contribution in [3.05, 3.63) is 52.5 Å². The Bertz CT molecular complexity index is 1180. The number of benzene rings is 2. The molecule has 1 amide bonds. The van der Waals surface area contributed by atoms with Crippen LogP contribution >= 0.6 is 23.1 Å². The number of piperazine rings is 1. The minimum atomic E-state index is -0.0451. The van der Waals surface area contributed by atoms with E-state index in [9.17, 15) is 4.79 Å². The number of halogens is 1. The first-order chi connectivity index (χ1) is 15.8. The van der Waals surface area contributed by atoms with Crippen LogP contribution in [0.25, 0.3) is 10.1 Å². The largest absolute Gasteiger partial charge is 0.353 e. The summed E-state index contributed by atoms with van der Waals surface area (Å²) in [5.74, 6) is 1.22. The van der Waals surface area contributed by atoms with Gasteiger partial charge in [0.05, 0.1) is 4.70 Å². The van der Waals surface area contributed by atoms with Gasteiger partial charge in [0.1, 0.15) is 5.82 Å². The molecule has 0 N–H and O–H groups in total. The van der Waals surface area contributed by atoms with E-state index in [2.05, 4.69) is 54.0 Å². The van der Waals surface area contributed by atoms with Crippen molar-refractivity contribution in [3.63, 3.8) is 0 Å². The van der Waals surface area contributed by atoms with Crippen LogP contribution in [0, 0.1) is 0 Å². The van der Waals surface area contributed by atoms with Gasteiger partial charge in [0.15, 0.2) is 0 Å². The maximum absolute atomic E-state index is 12.1. The van der Waals surface area contributed by atoms with E-state index in [0.717, 1.165) is 68.6 Å². The van der Waals surface area contributed by atoms with Gasteiger partial charge in [-0.15, -0.1) is 0 Å². The van der Waals surface area contributed by atoms with Crippen LogP contribution in [-0.4, -0.2) is 54.4 Å². The molecule has 3 heterocycles. The average molecular weight is 483 g/mol. The zero-order valence-corrected chi connectivity index (χ0v) is 21.2. The number of aromatic nitrogens is 1. The van der Waals surface area contributed by atoms with E-state index >= 15 is 0 Å². The van der Waals surface area contributed by atoms with E-state index < -0.39 is 0 Å². The SMILES string of the molecule is CC(=O)N1CC(C)(C)c2cc(CCCN3CCN(c4nsc5ccccc45)CC3)c(Cl)cc21. The fourth-order valence-electron chi connectivity index (χ4n) is 5.19. The third-order valence-electron chi connectivity index (χ3n) is 7.07. The molecule has 3 aromatic rings. The van der Waals surface area contributed by atoms with Crippen LogP contribution in [0.4, 0.5) is 11.5 Å². The molecule has 2 aliphatic rings.